The maximum atomic E-state index is 10.3. The standard InChI is InChI=1S/C9H8O3.K/c10-9(11)8-7(12-8)6-4-2-1-3-5-6;/h1-5,7-8H,(H,10,11);/q;+1/p-1. The van der Waals surface area contributed by atoms with Crippen molar-refractivity contribution in [2.45, 2.75) is 12.2 Å². The average Bonchev–Trinajstić information content (AvgIpc) is 2.84. The molecule has 0 saturated carbocycles. The molecule has 4 heteroatoms. The molecule has 0 aliphatic carbocycles. The van der Waals surface area contributed by atoms with Crippen LogP contribution in [0.2, 0.25) is 0 Å². The fourth-order valence-corrected chi connectivity index (χ4v) is 1.19. The van der Waals surface area contributed by atoms with Crippen LogP contribution in [0.4, 0.5) is 0 Å². The minimum Gasteiger partial charge on any atom is -0.547 e. The van der Waals surface area contributed by atoms with E-state index in [0.29, 0.717) is 0 Å². The van der Waals surface area contributed by atoms with Crippen molar-refractivity contribution in [1.82, 2.24) is 0 Å². The second kappa shape index (κ2) is 4.68. The van der Waals surface area contributed by atoms with E-state index in [1.54, 1.807) is 0 Å². The summed E-state index contributed by atoms with van der Waals surface area (Å²) >= 11 is 0. The minimum absolute atomic E-state index is 0. The summed E-state index contributed by atoms with van der Waals surface area (Å²) in [5.41, 5.74) is 0.895. The molecule has 1 aliphatic rings. The van der Waals surface area contributed by atoms with E-state index in [1.165, 1.54) is 0 Å². The summed E-state index contributed by atoms with van der Waals surface area (Å²) in [6, 6.07) is 9.26. The number of carbonyl (C=O) groups excluding carboxylic acids is 1. The summed E-state index contributed by atoms with van der Waals surface area (Å²) in [6.45, 7) is 0. The number of aliphatic carboxylic acids is 1. The van der Waals surface area contributed by atoms with Gasteiger partial charge in [0.05, 0.1) is 5.97 Å². The first-order valence-corrected chi connectivity index (χ1v) is 3.70. The Morgan fingerprint density at radius 2 is 1.92 bits per heavy atom. The van der Waals surface area contributed by atoms with Crippen LogP contribution in [-0.4, -0.2) is 12.1 Å². The van der Waals surface area contributed by atoms with Crippen molar-refractivity contribution in [3.05, 3.63) is 35.9 Å². The van der Waals surface area contributed by atoms with Gasteiger partial charge in [-0.3, -0.25) is 0 Å². The van der Waals surface area contributed by atoms with Crippen molar-refractivity contribution in [2.24, 2.45) is 0 Å². The van der Waals surface area contributed by atoms with Crippen molar-refractivity contribution < 1.29 is 66.0 Å². The van der Waals surface area contributed by atoms with Crippen LogP contribution in [0.1, 0.15) is 11.7 Å². The second-order valence-electron chi connectivity index (χ2n) is 2.71. The fourth-order valence-electron chi connectivity index (χ4n) is 1.19. The van der Waals surface area contributed by atoms with E-state index >= 15 is 0 Å². The maximum absolute atomic E-state index is 10.3. The molecule has 0 N–H and O–H groups in total. The van der Waals surface area contributed by atoms with Gasteiger partial charge in [-0.2, -0.15) is 0 Å². The van der Waals surface area contributed by atoms with Gasteiger partial charge in [-0.15, -0.1) is 0 Å². The predicted molar refractivity (Wildman–Crippen MR) is 39.1 cm³/mol. The van der Waals surface area contributed by atoms with E-state index < -0.39 is 12.1 Å². The first kappa shape index (κ1) is 11.4. The number of hydrogen-bond donors (Lipinski definition) is 0. The maximum Gasteiger partial charge on any atom is 1.00 e. The van der Waals surface area contributed by atoms with Crippen LogP contribution >= 0.6 is 0 Å². The Morgan fingerprint density at radius 3 is 2.38 bits per heavy atom. The van der Waals surface area contributed by atoms with E-state index in [9.17, 15) is 9.90 Å². The zero-order valence-corrected chi connectivity index (χ0v) is 10.4. The molecule has 1 aliphatic heterocycles. The molecule has 2 rings (SSSR count). The molecule has 62 valence electrons. The van der Waals surface area contributed by atoms with Crippen molar-refractivity contribution >= 4 is 5.97 Å². The quantitative estimate of drug-likeness (QED) is 0.377. The molecule has 1 saturated heterocycles. The molecule has 1 aromatic rings. The van der Waals surface area contributed by atoms with Crippen LogP contribution in [0.3, 0.4) is 0 Å². The number of benzene rings is 1. The number of ether oxygens (including phenoxy) is 1. The molecule has 0 spiro atoms. The van der Waals surface area contributed by atoms with Gasteiger partial charge in [-0.1, -0.05) is 30.3 Å². The normalized spacial score (nSPS) is 24.6. The van der Waals surface area contributed by atoms with Crippen LogP contribution in [0.5, 0.6) is 0 Å². The smallest absolute Gasteiger partial charge is 0.547 e. The Morgan fingerprint density at radius 1 is 1.31 bits per heavy atom. The van der Waals surface area contributed by atoms with Gasteiger partial charge in [0.1, 0.15) is 12.2 Å². The SMILES string of the molecule is O=C([O-])C1OC1c1ccccc1.[K+]. The van der Waals surface area contributed by atoms with Crippen LogP contribution < -0.4 is 56.5 Å². The van der Waals surface area contributed by atoms with Crippen LogP contribution in [-0.2, 0) is 9.53 Å². The molecule has 0 bridgehead atoms. The van der Waals surface area contributed by atoms with E-state index in [4.69, 9.17) is 4.74 Å². The van der Waals surface area contributed by atoms with Crippen molar-refractivity contribution in [2.75, 3.05) is 0 Å². The molecular formula is C9H7KO3. The van der Waals surface area contributed by atoms with Gasteiger partial charge in [0.15, 0.2) is 0 Å². The Kier molecular flexibility index (Phi) is 4.09. The van der Waals surface area contributed by atoms with E-state index in [2.05, 4.69) is 0 Å². The molecule has 13 heavy (non-hydrogen) atoms. The first-order chi connectivity index (χ1) is 5.79. The molecule has 1 aromatic carbocycles. The largest absolute Gasteiger partial charge is 1.00 e. The molecule has 2 unspecified atom stereocenters. The summed E-state index contributed by atoms with van der Waals surface area (Å²) in [7, 11) is 0. The summed E-state index contributed by atoms with van der Waals surface area (Å²) in [5, 5.41) is 10.3. The summed E-state index contributed by atoms with van der Waals surface area (Å²) < 4.78 is 4.90. The molecule has 2 atom stereocenters. The van der Waals surface area contributed by atoms with Gasteiger partial charge in [-0.05, 0) is 5.56 Å². The minimum atomic E-state index is -1.14. The number of epoxide rings is 1. The average molecular weight is 202 g/mol. The van der Waals surface area contributed by atoms with E-state index in [1.807, 2.05) is 30.3 Å². The number of rotatable bonds is 2. The van der Waals surface area contributed by atoms with Crippen molar-refractivity contribution in [3.63, 3.8) is 0 Å². The molecule has 3 nitrogen and oxygen atoms in total. The monoisotopic (exact) mass is 202 g/mol. The molecule has 0 radical (unpaired) electrons. The molecule has 1 heterocycles. The Labute approximate surface area is 119 Å². The Bertz CT molecular complexity index is 299. The summed E-state index contributed by atoms with van der Waals surface area (Å²) in [5.74, 6) is -1.14. The van der Waals surface area contributed by atoms with Crippen LogP contribution in [0, 0.1) is 0 Å². The Balaban J connectivity index is 0.000000845. The van der Waals surface area contributed by atoms with Gasteiger partial charge in [0.2, 0.25) is 0 Å². The third-order valence-corrected chi connectivity index (χ3v) is 1.85. The van der Waals surface area contributed by atoms with E-state index in [-0.39, 0.29) is 57.5 Å². The zero-order valence-electron chi connectivity index (χ0n) is 7.27. The first-order valence-electron chi connectivity index (χ1n) is 3.70. The third kappa shape index (κ3) is 2.62. The van der Waals surface area contributed by atoms with E-state index in [0.717, 1.165) is 5.56 Å². The summed E-state index contributed by atoms with van der Waals surface area (Å²) in [6.07, 6.45) is -1.04. The number of carboxylic acids is 1. The number of carbonyl (C=O) groups is 1. The van der Waals surface area contributed by atoms with Gasteiger partial charge in [-0.25, -0.2) is 0 Å². The second-order valence-corrected chi connectivity index (χ2v) is 2.71. The van der Waals surface area contributed by atoms with Crippen molar-refractivity contribution in [3.8, 4) is 0 Å². The van der Waals surface area contributed by atoms with Gasteiger partial charge in [0, 0.05) is 0 Å². The van der Waals surface area contributed by atoms with Crippen LogP contribution in [0.15, 0.2) is 30.3 Å². The van der Waals surface area contributed by atoms with Crippen molar-refractivity contribution in [1.29, 1.82) is 0 Å². The topological polar surface area (TPSA) is 52.7 Å². The number of carboxylic acid groups (broad SMARTS) is 1. The molecule has 0 aromatic heterocycles. The van der Waals surface area contributed by atoms with Gasteiger partial charge in [0.25, 0.3) is 0 Å². The molecular weight excluding hydrogens is 195 g/mol. The van der Waals surface area contributed by atoms with Crippen LogP contribution in [0.25, 0.3) is 0 Å². The fraction of sp³-hybridized carbons (Fsp3) is 0.222. The predicted octanol–water partition coefficient (Wildman–Crippen LogP) is -3.12. The zero-order chi connectivity index (χ0) is 8.55. The van der Waals surface area contributed by atoms with Gasteiger partial charge >= 0.3 is 51.4 Å². The third-order valence-electron chi connectivity index (χ3n) is 1.85. The molecule has 1 fully saturated rings. The molecule has 0 amide bonds. The van der Waals surface area contributed by atoms with Gasteiger partial charge < -0.3 is 14.6 Å². The Hall–Kier alpha value is 0.286. The summed E-state index contributed by atoms with van der Waals surface area (Å²) in [4.78, 5) is 10.3. The number of hydrogen-bond acceptors (Lipinski definition) is 3.